The van der Waals surface area contributed by atoms with Crippen molar-refractivity contribution in [1.29, 1.82) is 0 Å². The number of Topliss-reactive ketones (excluding diaryl/α,β-unsaturated/α-hetero) is 1. The third-order valence-corrected chi connectivity index (χ3v) is 6.63. The smallest absolute Gasteiger partial charge is 0.408 e. The Labute approximate surface area is 207 Å². The number of amides is 3. The highest BCUT2D eigenvalue weighted by atomic mass is 32.2. The summed E-state index contributed by atoms with van der Waals surface area (Å²) in [6.07, 6.45) is -0.803. The number of benzene rings is 1. The molecule has 1 aromatic carbocycles. The quantitative estimate of drug-likeness (QED) is 0.481. The minimum atomic E-state index is -1.37. The lowest BCUT2D eigenvalue weighted by atomic mass is 9.96. The van der Waals surface area contributed by atoms with E-state index in [4.69, 9.17) is 4.74 Å². The number of rotatable bonds is 7. The molecule has 0 radical (unpaired) electrons. The predicted octanol–water partition coefficient (Wildman–Crippen LogP) is 2.22. The van der Waals surface area contributed by atoms with Gasteiger partial charge in [-0.1, -0.05) is 44.2 Å². The van der Waals surface area contributed by atoms with Crippen molar-refractivity contribution >= 4 is 41.4 Å². The Morgan fingerprint density at radius 3 is 2.31 bits per heavy atom. The number of fused-ring (bicyclic) bond motifs is 1. The van der Waals surface area contributed by atoms with Gasteiger partial charge in [-0.05, 0) is 26.3 Å². The van der Waals surface area contributed by atoms with E-state index in [-0.39, 0.29) is 22.8 Å². The number of carboxylic acids is 1. The predicted molar refractivity (Wildman–Crippen MR) is 128 cm³/mol. The van der Waals surface area contributed by atoms with Crippen LogP contribution in [-0.4, -0.2) is 62.4 Å². The summed E-state index contributed by atoms with van der Waals surface area (Å²) in [5.74, 6) is -3.30. The lowest BCUT2D eigenvalue weighted by Crippen LogP contribution is -2.71. The first-order valence-corrected chi connectivity index (χ1v) is 12.2. The maximum atomic E-state index is 13.2. The van der Waals surface area contributed by atoms with Gasteiger partial charge in [-0.25, -0.2) is 9.59 Å². The molecule has 2 heterocycles. The van der Waals surface area contributed by atoms with E-state index in [2.05, 4.69) is 10.6 Å². The van der Waals surface area contributed by atoms with Crippen LogP contribution in [0, 0.1) is 5.92 Å². The van der Waals surface area contributed by atoms with Crippen molar-refractivity contribution in [2.24, 2.45) is 5.92 Å². The number of carbonyl (C=O) groups is 5. The van der Waals surface area contributed by atoms with Crippen molar-refractivity contribution in [3.05, 3.63) is 47.2 Å². The number of nitrogens with one attached hydrogen (secondary N) is 2. The van der Waals surface area contributed by atoms with E-state index in [1.54, 1.807) is 65.0 Å². The average Bonchev–Trinajstić information content (AvgIpc) is 2.78. The molecule has 11 heteroatoms. The van der Waals surface area contributed by atoms with Crippen LogP contribution in [0.4, 0.5) is 4.79 Å². The highest BCUT2D eigenvalue weighted by Gasteiger charge is 2.55. The average molecular weight is 504 g/mol. The van der Waals surface area contributed by atoms with E-state index in [0.717, 1.165) is 4.90 Å². The number of thioether (sulfide) groups is 1. The van der Waals surface area contributed by atoms with Crippen LogP contribution in [0.3, 0.4) is 0 Å². The second-order valence-electron chi connectivity index (χ2n) is 9.54. The normalized spacial score (nSPS) is 20.5. The third kappa shape index (κ3) is 5.67. The van der Waals surface area contributed by atoms with Crippen LogP contribution < -0.4 is 10.6 Å². The molecular formula is C24H29N3O7S. The number of ether oxygens (including phenoxy) is 1. The molecule has 1 aromatic rings. The first-order chi connectivity index (χ1) is 16.3. The Hall–Kier alpha value is -3.34. The molecule has 1 saturated heterocycles. The summed E-state index contributed by atoms with van der Waals surface area (Å²) in [5.41, 5.74) is -0.558. The zero-order valence-corrected chi connectivity index (χ0v) is 21.0. The van der Waals surface area contributed by atoms with Crippen molar-refractivity contribution in [3.63, 3.8) is 0 Å². The summed E-state index contributed by atoms with van der Waals surface area (Å²) in [6, 6.07) is 6.32. The zero-order chi connectivity index (χ0) is 26.1. The third-order valence-electron chi connectivity index (χ3n) is 5.35. The molecule has 0 aliphatic carbocycles. The van der Waals surface area contributed by atoms with Gasteiger partial charge < -0.3 is 20.5 Å². The van der Waals surface area contributed by atoms with Crippen LogP contribution in [0.2, 0.25) is 0 Å². The monoisotopic (exact) mass is 503 g/mol. The Kier molecular flexibility index (Phi) is 7.59. The topological polar surface area (TPSA) is 142 Å². The Morgan fingerprint density at radius 1 is 1.14 bits per heavy atom. The molecule has 0 aromatic heterocycles. The highest BCUT2D eigenvalue weighted by molar-refractivity contribution is 8.00. The molecule has 2 aliphatic heterocycles. The number of nitrogens with zero attached hydrogens (tertiary/aromatic N) is 1. The van der Waals surface area contributed by atoms with Crippen molar-refractivity contribution in [3.8, 4) is 0 Å². The Bertz CT molecular complexity index is 1080. The maximum Gasteiger partial charge on any atom is 0.408 e. The molecule has 188 valence electrons. The number of carbonyl (C=O) groups excluding carboxylic acids is 4. The highest BCUT2D eigenvalue weighted by Crippen LogP contribution is 2.41. The maximum absolute atomic E-state index is 13.2. The van der Waals surface area contributed by atoms with Crippen LogP contribution in [0.15, 0.2) is 41.6 Å². The van der Waals surface area contributed by atoms with Gasteiger partial charge in [0, 0.05) is 17.2 Å². The number of alkyl carbamates (subject to hydrolysis) is 1. The Balaban J connectivity index is 1.81. The minimum absolute atomic E-state index is 0.0839. The first-order valence-electron chi connectivity index (χ1n) is 11.1. The Morgan fingerprint density at radius 2 is 1.77 bits per heavy atom. The van der Waals surface area contributed by atoms with E-state index in [1.165, 1.54) is 11.8 Å². The summed E-state index contributed by atoms with van der Waals surface area (Å²) < 4.78 is 5.27. The van der Waals surface area contributed by atoms with Gasteiger partial charge in [0.15, 0.2) is 5.78 Å². The van der Waals surface area contributed by atoms with Crippen LogP contribution in [-0.2, 0) is 23.9 Å². The summed E-state index contributed by atoms with van der Waals surface area (Å²) in [6.45, 7) is 8.40. The molecule has 3 N–H and O–H groups in total. The molecule has 2 aliphatic rings. The van der Waals surface area contributed by atoms with Crippen molar-refractivity contribution in [1.82, 2.24) is 15.5 Å². The molecule has 3 amide bonds. The number of aliphatic carboxylic acids is 1. The molecule has 3 atom stereocenters. The largest absolute Gasteiger partial charge is 0.477 e. The first kappa shape index (κ1) is 26.3. The van der Waals surface area contributed by atoms with Gasteiger partial charge in [-0.2, -0.15) is 0 Å². The van der Waals surface area contributed by atoms with Gasteiger partial charge >= 0.3 is 12.1 Å². The van der Waals surface area contributed by atoms with Gasteiger partial charge in [-0.15, -0.1) is 11.8 Å². The standard InChI is InChI=1S/C24H29N3O7S/c1-12(2)18(28)14-11-35-21-16(20(30)27(21)17(14)22(31)32)25-19(29)15(13-9-7-6-8-10-13)26-23(33)34-24(3,4)5/h6-10,12,15-16,21H,11H2,1-5H3,(H,25,29)(H,26,33)(H,31,32)/t15?,16?,21-/m1/s1. The molecule has 3 rings (SSSR count). The molecule has 2 unspecified atom stereocenters. The van der Waals surface area contributed by atoms with E-state index >= 15 is 0 Å². The number of hydrogen-bond acceptors (Lipinski definition) is 7. The molecule has 0 spiro atoms. The summed E-state index contributed by atoms with van der Waals surface area (Å²) in [7, 11) is 0. The number of carboxylic acid groups (broad SMARTS) is 1. The molecule has 0 bridgehead atoms. The SMILES string of the molecule is CC(C)C(=O)C1=C(C(=O)O)N2C(=O)C(NC(=O)C(NC(=O)OC(C)(C)C)c3ccccc3)[C@H]2SC1. The van der Waals surface area contributed by atoms with Crippen molar-refractivity contribution in [2.75, 3.05) is 5.75 Å². The summed E-state index contributed by atoms with van der Waals surface area (Å²) in [4.78, 5) is 64.0. The van der Waals surface area contributed by atoms with Crippen LogP contribution >= 0.6 is 11.8 Å². The van der Waals surface area contributed by atoms with E-state index in [1.807, 2.05) is 0 Å². The van der Waals surface area contributed by atoms with Crippen LogP contribution in [0.5, 0.6) is 0 Å². The van der Waals surface area contributed by atoms with Gasteiger partial charge in [0.2, 0.25) is 5.91 Å². The number of ketones is 1. The summed E-state index contributed by atoms with van der Waals surface area (Å²) >= 11 is 1.21. The van der Waals surface area contributed by atoms with Crippen molar-refractivity contribution in [2.45, 2.75) is 57.7 Å². The van der Waals surface area contributed by atoms with Gasteiger partial charge in [0.1, 0.15) is 28.8 Å². The van der Waals surface area contributed by atoms with Gasteiger partial charge in [0.05, 0.1) is 0 Å². The van der Waals surface area contributed by atoms with Crippen LogP contribution in [0.1, 0.15) is 46.2 Å². The summed E-state index contributed by atoms with van der Waals surface area (Å²) in [5, 5.41) is 14.2. The van der Waals surface area contributed by atoms with Gasteiger partial charge in [-0.3, -0.25) is 19.3 Å². The fourth-order valence-corrected chi connectivity index (χ4v) is 5.12. The lowest BCUT2D eigenvalue weighted by molar-refractivity contribution is -0.151. The molecule has 10 nitrogen and oxygen atoms in total. The molecular weight excluding hydrogens is 474 g/mol. The minimum Gasteiger partial charge on any atom is -0.477 e. The van der Waals surface area contributed by atoms with E-state index in [0.29, 0.717) is 5.56 Å². The number of β-lactam (4-membered cyclic amide) rings is 1. The van der Waals surface area contributed by atoms with Gasteiger partial charge in [0.25, 0.3) is 5.91 Å². The molecule has 35 heavy (non-hydrogen) atoms. The number of hydrogen-bond donors (Lipinski definition) is 3. The fourth-order valence-electron chi connectivity index (χ4n) is 3.76. The second-order valence-corrected chi connectivity index (χ2v) is 10.6. The second kappa shape index (κ2) is 10.1. The molecule has 1 fully saturated rings. The van der Waals surface area contributed by atoms with Crippen LogP contribution in [0.25, 0.3) is 0 Å². The zero-order valence-electron chi connectivity index (χ0n) is 20.2. The lowest BCUT2D eigenvalue weighted by Gasteiger charge is -2.49. The fraction of sp³-hybridized carbons (Fsp3) is 0.458. The van der Waals surface area contributed by atoms with E-state index in [9.17, 15) is 29.1 Å². The molecule has 0 saturated carbocycles. The van der Waals surface area contributed by atoms with Crippen molar-refractivity contribution < 1.29 is 33.8 Å². The van der Waals surface area contributed by atoms with E-state index < -0.39 is 52.9 Å².